The molecule has 0 aliphatic carbocycles. The van der Waals surface area contributed by atoms with Gasteiger partial charge in [-0.3, -0.25) is 9.78 Å². The van der Waals surface area contributed by atoms with Gasteiger partial charge in [-0.2, -0.15) is 0 Å². The Morgan fingerprint density at radius 1 is 1.07 bits per heavy atom. The largest absolute Gasteiger partial charge is 0.493 e. The van der Waals surface area contributed by atoms with Gasteiger partial charge in [-0.1, -0.05) is 26.8 Å². The fourth-order valence-electron chi connectivity index (χ4n) is 5.23. The van der Waals surface area contributed by atoms with E-state index in [0.717, 1.165) is 58.6 Å². The summed E-state index contributed by atoms with van der Waals surface area (Å²) < 4.78 is 18.9. The van der Waals surface area contributed by atoms with Gasteiger partial charge < -0.3 is 24.4 Å². The van der Waals surface area contributed by atoms with Gasteiger partial charge in [0.1, 0.15) is 17.1 Å². The number of halogens is 1. The third-order valence-electron chi connectivity index (χ3n) is 7.72. The third kappa shape index (κ3) is 8.89. The zero-order chi connectivity index (χ0) is 32.2. The molecule has 1 aliphatic rings. The highest BCUT2D eigenvalue weighted by atomic mass is 127. The van der Waals surface area contributed by atoms with E-state index in [2.05, 4.69) is 71.2 Å². The van der Waals surface area contributed by atoms with Gasteiger partial charge in [0.2, 0.25) is 0 Å². The standard InChI is InChI=1S/C36H46IN3O4/c1-23-10-11-26(34(41)39-31-21-27(35(3,4)5)20-30(37)33(31)42-9)19-32(23)43-29-12-15-38-28(22-29)18-25-13-16-40(17-14-25)24(2)44-36(6,7)8/h10-12,15,19-22,25H,2,13-14,16-18H2,1,3-9H3,(H,39,41). The van der Waals surface area contributed by atoms with Gasteiger partial charge in [-0.25, -0.2) is 0 Å². The summed E-state index contributed by atoms with van der Waals surface area (Å²) in [5.74, 6) is 3.03. The number of rotatable bonds is 9. The fourth-order valence-corrected chi connectivity index (χ4v) is 6.08. The predicted octanol–water partition coefficient (Wildman–Crippen LogP) is 8.89. The number of aromatic nitrogens is 1. The summed E-state index contributed by atoms with van der Waals surface area (Å²) in [7, 11) is 1.62. The van der Waals surface area contributed by atoms with E-state index in [9.17, 15) is 4.79 Å². The van der Waals surface area contributed by atoms with Gasteiger partial charge >= 0.3 is 0 Å². The van der Waals surface area contributed by atoms with Crippen LogP contribution in [0.25, 0.3) is 0 Å². The number of carbonyl (C=O) groups is 1. The minimum atomic E-state index is -0.246. The van der Waals surface area contributed by atoms with Gasteiger partial charge in [-0.05, 0) is 129 Å². The van der Waals surface area contributed by atoms with E-state index in [1.807, 2.05) is 58.0 Å². The molecule has 0 saturated carbocycles. The molecule has 3 aromatic rings. The molecule has 44 heavy (non-hydrogen) atoms. The molecule has 236 valence electrons. The fraction of sp³-hybridized carbons (Fsp3) is 0.444. The average molecular weight is 712 g/mol. The number of pyridine rings is 1. The second-order valence-electron chi connectivity index (χ2n) is 13.6. The lowest BCUT2D eigenvalue weighted by molar-refractivity contribution is -0.00546. The summed E-state index contributed by atoms with van der Waals surface area (Å²) in [6.07, 6.45) is 4.78. The Morgan fingerprint density at radius 3 is 2.41 bits per heavy atom. The number of nitrogens with one attached hydrogen (secondary N) is 1. The minimum Gasteiger partial charge on any atom is -0.493 e. The summed E-state index contributed by atoms with van der Waals surface area (Å²) >= 11 is 2.25. The van der Waals surface area contributed by atoms with E-state index in [-0.39, 0.29) is 16.9 Å². The molecule has 1 fully saturated rings. The third-order valence-corrected chi connectivity index (χ3v) is 8.52. The molecular formula is C36H46IN3O4. The number of anilines is 1. The number of piperidine rings is 1. The lowest BCUT2D eigenvalue weighted by Gasteiger charge is -2.36. The number of ether oxygens (including phenoxy) is 3. The highest BCUT2D eigenvalue weighted by Gasteiger charge is 2.24. The molecule has 0 atom stereocenters. The molecule has 2 heterocycles. The van der Waals surface area contributed by atoms with Crippen LogP contribution in [0.4, 0.5) is 5.69 Å². The maximum Gasteiger partial charge on any atom is 0.255 e. The van der Waals surface area contributed by atoms with Crippen molar-refractivity contribution in [2.24, 2.45) is 5.92 Å². The topological polar surface area (TPSA) is 72.9 Å². The molecule has 0 bridgehead atoms. The first kappa shape index (κ1) is 33.6. The summed E-state index contributed by atoms with van der Waals surface area (Å²) in [5, 5.41) is 3.07. The highest BCUT2D eigenvalue weighted by Crippen LogP contribution is 2.37. The van der Waals surface area contributed by atoms with Crippen LogP contribution < -0.4 is 14.8 Å². The zero-order valence-electron chi connectivity index (χ0n) is 27.3. The van der Waals surface area contributed by atoms with Gasteiger partial charge in [0.05, 0.1) is 16.4 Å². The predicted molar refractivity (Wildman–Crippen MR) is 186 cm³/mol. The molecule has 1 amide bonds. The number of nitrogens with zero attached hydrogens (tertiary/aromatic N) is 2. The Hall–Kier alpha value is -3.27. The first-order valence-corrected chi connectivity index (χ1v) is 16.3. The van der Waals surface area contributed by atoms with Crippen LogP contribution in [0.3, 0.4) is 0 Å². The van der Waals surface area contributed by atoms with Crippen LogP contribution in [0.1, 0.15) is 81.6 Å². The zero-order valence-corrected chi connectivity index (χ0v) is 29.5. The summed E-state index contributed by atoms with van der Waals surface area (Å²) in [6.45, 7) is 20.5. The number of amides is 1. The Balaban J connectivity index is 1.43. The van der Waals surface area contributed by atoms with Gasteiger partial charge in [-0.15, -0.1) is 0 Å². The number of likely N-dealkylation sites (tertiary alicyclic amines) is 1. The molecule has 0 radical (unpaired) electrons. The van der Waals surface area contributed by atoms with E-state index < -0.39 is 0 Å². The van der Waals surface area contributed by atoms with E-state index in [1.165, 1.54) is 0 Å². The number of hydrogen-bond acceptors (Lipinski definition) is 6. The van der Waals surface area contributed by atoms with Crippen molar-refractivity contribution in [1.82, 2.24) is 9.88 Å². The second-order valence-corrected chi connectivity index (χ2v) is 14.7. The van der Waals surface area contributed by atoms with Crippen molar-refractivity contribution in [3.05, 3.63) is 87.1 Å². The molecule has 0 unspecified atom stereocenters. The monoisotopic (exact) mass is 711 g/mol. The molecule has 0 spiro atoms. The maximum atomic E-state index is 13.4. The van der Waals surface area contributed by atoms with E-state index >= 15 is 0 Å². The molecule has 8 heteroatoms. The SMILES string of the molecule is C=C(OC(C)(C)C)N1CCC(Cc2cc(Oc3cc(C(=O)Nc4cc(C(C)(C)C)cc(I)c4OC)ccc3C)ccn2)CC1. The molecule has 1 aliphatic heterocycles. The summed E-state index contributed by atoms with van der Waals surface area (Å²) in [4.78, 5) is 20.3. The van der Waals surface area contributed by atoms with Crippen molar-refractivity contribution >= 4 is 34.2 Å². The number of methoxy groups -OCH3 is 1. The molecule has 2 aromatic carbocycles. The minimum absolute atomic E-state index is 0.0760. The second kappa shape index (κ2) is 13.8. The van der Waals surface area contributed by atoms with E-state index in [4.69, 9.17) is 14.2 Å². The number of aryl methyl sites for hydroxylation is 1. The quantitative estimate of drug-likeness (QED) is 0.177. The van der Waals surface area contributed by atoms with Crippen LogP contribution in [0, 0.1) is 16.4 Å². The first-order valence-electron chi connectivity index (χ1n) is 15.2. The Labute approximate surface area is 276 Å². The molecule has 4 rings (SSSR count). The Morgan fingerprint density at radius 2 is 1.77 bits per heavy atom. The highest BCUT2D eigenvalue weighted by molar-refractivity contribution is 14.1. The maximum absolute atomic E-state index is 13.4. The molecule has 1 aromatic heterocycles. The Kier molecular flexibility index (Phi) is 10.5. The van der Waals surface area contributed by atoms with Crippen molar-refractivity contribution in [3.63, 3.8) is 0 Å². The summed E-state index contributed by atoms with van der Waals surface area (Å²) in [6, 6.07) is 13.5. The average Bonchev–Trinajstić information content (AvgIpc) is 2.93. The van der Waals surface area contributed by atoms with E-state index in [0.29, 0.717) is 34.4 Å². The lowest BCUT2D eigenvalue weighted by atomic mass is 9.87. The van der Waals surface area contributed by atoms with Gasteiger partial charge in [0.25, 0.3) is 5.91 Å². The van der Waals surface area contributed by atoms with Gasteiger partial charge in [0.15, 0.2) is 11.6 Å². The molecule has 7 nitrogen and oxygen atoms in total. The van der Waals surface area contributed by atoms with Crippen LogP contribution in [-0.2, 0) is 16.6 Å². The van der Waals surface area contributed by atoms with Crippen LogP contribution in [0.2, 0.25) is 0 Å². The van der Waals surface area contributed by atoms with Crippen molar-refractivity contribution < 1.29 is 19.0 Å². The van der Waals surface area contributed by atoms with Gasteiger partial charge in [0, 0.05) is 36.6 Å². The van der Waals surface area contributed by atoms with Crippen molar-refractivity contribution in [2.45, 2.75) is 78.7 Å². The van der Waals surface area contributed by atoms with Crippen molar-refractivity contribution in [2.75, 3.05) is 25.5 Å². The van der Waals surface area contributed by atoms with Crippen LogP contribution in [0.15, 0.2) is 61.1 Å². The number of hydrogen-bond donors (Lipinski definition) is 1. The molecular weight excluding hydrogens is 665 g/mol. The van der Waals surface area contributed by atoms with Crippen molar-refractivity contribution in [1.29, 1.82) is 0 Å². The molecule has 1 saturated heterocycles. The lowest BCUT2D eigenvalue weighted by Crippen LogP contribution is -2.36. The first-order chi connectivity index (χ1) is 20.6. The summed E-state index contributed by atoms with van der Waals surface area (Å²) in [5.41, 5.74) is 3.88. The molecule has 1 N–H and O–H groups in total. The smallest absolute Gasteiger partial charge is 0.255 e. The van der Waals surface area contributed by atoms with E-state index in [1.54, 1.807) is 19.4 Å². The van der Waals surface area contributed by atoms with Crippen LogP contribution >= 0.6 is 22.6 Å². The van der Waals surface area contributed by atoms with Crippen LogP contribution in [-0.4, -0.2) is 41.6 Å². The number of carbonyl (C=O) groups excluding carboxylic acids is 1. The van der Waals surface area contributed by atoms with Crippen LogP contribution in [0.5, 0.6) is 17.2 Å². The Bertz CT molecular complexity index is 1500. The number of benzene rings is 2. The van der Waals surface area contributed by atoms with Crippen molar-refractivity contribution in [3.8, 4) is 17.2 Å². The normalized spacial score (nSPS) is 14.2.